The second kappa shape index (κ2) is 7.00. The molecule has 1 amide bonds. The lowest BCUT2D eigenvalue weighted by Crippen LogP contribution is -2.36. The zero-order chi connectivity index (χ0) is 19.0. The SMILES string of the molecule is Cc1ccc(Nc2cnc(C(=O)N3c4ccccc4CC3C)cn2)cc1Cl. The third-order valence-electron chi connectivity index (χ3n) is 4.74. The standard InChI is InChI=1S/C21H19ClN4O/c1-13-7-8-16(10-17(13)22)25-20-12-23-18(11-24-20)21(27)26-14(2)9-15-5-3-4-6-19(15)26/h3-8,10-12,14H,9H2,1-2H3,(H,24,25). The van der Waals surface area contributed by atoms with Gasteiger partial charge in [-0.1, -0.05) is 35.9 Å². The van der Waals surface area contributed by atoms with Gasteiger partial charge < -0.3 is 10.2 Å². The Morgan fingerprint density at radius 1 is 1.19 bits per heavy atom. The quantitative estimate of drug-likeness (QED) is 0.713. The molecule has 1 unspecified atom stereocenters. The maximum atomic E-state index is 13.0. The van der Waals surface area contributed by atoms with E-state index in [9.17, 15) is 4.79 Å². The summed E-state index contributed by atoms with van der Waals surface area (Å²) in [5.74, 6) is 0.422. The molecular formula is C21H19ClN4O. The molecule has 4 rings (SSSR count). The van der Waals surface area contributed by atoms with Crippen LogP contribution in [0.4, 0.5) is 17.2 Å². The van der Waals surface area contributed by atoms with Gasteiger partial charge in [0.1, 0.15) is 11.5 Å². The molecule has 0 saturated carbocycles. The molecule has 1 aliphatic heterocycles. The van der Waals surface area contributed by atoms with Crippen LogP contribution in [0, 0.1) is 6.92 Å². The van der Waals surface area contributed by atoms with Crippen molar-refractivity contribution in [1.82, 2.24) is 9.97 Å². The van der Waals surface area contributed by atoms with Crippen molar-refractivity contribution < 1.29 is 4.79 Å². The van der Waals surface area contributed by atoms with Gasteiger partial charge in [0.05, 0.1) is 12.4 Å². The van der Waals surface area contributed by atoms with Crippen LogP contribution in [0.2, 0.25) is 5.02 Å². The highest BCUT2D eigenvalue weighted by Crippen LogP contribution is 2.32. The lowest BCUT2D eigenvalue weighted by atomic mass is 10.1. The molecule has 27 heavy (non-hydrogen) atoms. The Labute approximate surface area is 163 Å². The number of nitrogens with one attached hydrogen (secondary N) is 1. The van der Waals surface area contributed by atoms with Crippen molar-refractivity contribution in [3.05, 3.63) is 76.7 Å². The van der Waals surface area contributed by atoms with Gasteiger partial charge >= 0.3 is 0 Å². The molecule has 1 aromatic heterocycles. The van der Waals surface area contributed by atoms with E-state index >= 15 is 0 Å². The van der Waals surface area contributed by atoms with Crippen LogP contribution in [0.3, 0.4) is 0 Å². The molecule has 5 nitrogen and oxygen atoms in total. The van der Waals surface area contributed by atoms with E-state index in [0.29, 0.717) is 16.5 Å². The Kier molecular flexibility index (Phi) is 4.54. The van der Waals surface area contributed by atoms with E-state index in [-0.39, 0.29) is 11.9 Å². The van der Waals surface area contributed by atoms with E-state index in [2.05, 4.69) is 21.4 Å². The highest BCUT2D eigenvalue weighted by atomic mass is 35.5. The van der Waals surface area contributed by atoms with Gasteiger partial charge in [-0.25, -0.2) is 9.97 Å². The first-order chi connectivity index (χ1) is 13.0. The van der Waals surface area contributed by atoms with Crippen molar-refractivity contribution in [2.24, 2.45) is 0 Å². The number of halogens is 1. The number of nitrogens with zero attached hydrogens (tertiary/aromatic N) is 3. The van der Waals surface area contributed by atoms with E-state index < -0.39 is 0 Å². The number of carbonyl (C=O) groups excluding carboxylic acids is 1. The fourth-order valence-corrected chi connectivity index (χ4v) is 3.50. The van der Waals surface area contributed by atoms with Crippen LogP contribution < -0.4 is 10.2 Å². The van der Waals surface area contributed by atoms with E-state index in [1.165, 1.54) is 11.8 Å². The molecule has 1 N–H and O–H groups in total. The fraction of sp³-hybridized carbons (Fsp3) is 0.190. The van der Waals surface area contributed by atoms with Crippen molar-refractivity contribution in [3.8, 4) is 0 Å². The monoisotopic (exact) mass is 378 g/mol. The van der Waals surface area contributed by atoms with Gasteiger partial charge in [-0.05, 0) is 49.6 Å². The Hall–Kier alpha value is -2.92. The van der Waals surface area contributed by atoms with Crippen molar-refractivity contribution in [2.45, 2.75) is 26.3 Å². The van der Waals surface area contributed by atoms with Crippen LogP contribution in [0.25, 0.3) is 0 Å². The van der Waals surface area contributed by atoms with Crippen molar-refractivity contribution in [2.75, 3.05) is 10.2 Å². The molecule has 0 radical (unpaired) electrons. The topological polar surface area (TPSA) is 58.1 Å². The lowest BCUT2D eigenvalue weighted by Gasteiger charge is -2.22. The first-order valence-corrected chi connectivity index (χ1v) is 9.17. The molecule has 0 bridgehead atoms. The third-order valence-corrected chi connectivity index (χ3v) is 5.15. The smallest absolute Gasteiger partial charge is 0.278 e. The number of rotatable bonds is 3. The Morgan fingerprint density at radius 3 is 2.74 bits per heavy atom. The first kappa shape index (κ1) is 17.5. The number of carbonyl (C=O) groups is 1. The molecule has 0 fully saturated rings. The zero-order valence-electron chi connectivity index (χ0n) is 15.1. The number of anilines is 3. The second-order valence-electron chi connectivity index (χ2n) is 6.73. The number of aromatic nitrogens is 2. The molecule has 0 saturated heterocycles. The number of fused-ring (bicyclic) bond motifs is 1. The number of aryl methyl sites for hydroxylation is 1. The molecule has 136 valence electrons. The van der Waals surface area contributed by atoms with E-state index in [1.54, 1.807) is 11.1 Å². The summed E-state index contributed by atoms with van der Waals surface area (Å²) in [4.78, 5) is 23.4. The molecule has 0 spiro atoms. The van der Waals surface area contributed by atoms with Gasteiger partial charge in [-0.3, -0.25) is 4.79 Å². The molecule has 1 aliphatic rings. The van der Waals surface area contributed by atoms with E-state index in [0.717, 1.165) is 23.4 Å². The molecule has 1 atom stereocenters. The molecule has 6 heteroatoms. The number of para-hydroxylation sites is 1. The molecule has 2 aromatic carbocycles. The zero-order valence-corrected chi connectivity index (χ0v) is 15.9. The van der Waals surface area contributed by atoms with Gasteiger partial charge in [0, 0.05) is 22.4 Å². The van der Waals surface area contributed by atoms with Crippen LogP contribution in [0.15, 0.2) is 54.9 Å². The Balaban J connectivity index is 1.54. The number of benzene rings is 2. The molecule has 0 aliphatic carbocycles. The van der Waals surface area contributed by atoms with Gasteiger partial charge in [0.2, 0.25) is 0 Å². The average molecular weight is 379 g/mol. The second-order valence-corrected chi connectivity index (χ2v) is 7.14. The summed E-state index contributed by atoms with van der Waals surface area (Å²) in [6.07, 6.45) is 3.92. The van der Waals surface area contributed by atoms with Gasteiger partial charge in [-0.15, -0.1) is 0 Å². The lowest BCUT2D eigenvalue weighted by molar-refractivity contribution is 0.0976. The van der Waals surface area contributed by atoms with Gasteiger partial charge in [-0.2, -0.15) is 0 Å². The number of hydrogen-bond acceptors (Lipinski definition) is 4. The minimum atomic E-state index is -0.134. The van der Waals surface area contributed by atoms with Crippen molar-refractivity contribution in [3.63, 3.8) is 0 Å². The largest absolute Gasteiger partial charge is 0.339 e. The van der Waals surface area contributed by atoms with Crippen LogP contribution in [-0.4, -0.2) is 21.9 Å². The predicted octanol–water partition coefficient (Wildman–Crippen LogP) is 4.77. The van der Waals surface area contributed by atoms with Crippen LogP contribution in [0.5, 0.6) is 0 Å². The van der Waals surface area contributed by atoms with Crippen LogP contribution in [0.1, 0.15) is 28.5 Å². The first-order valence-electron chi connectivity index (χ1n) is 8.79. The summed E-state index contributed by atoms with van der Waals surface area (Å²) in [7, 11) is 0. The third kappa shape index (κ3) is 3.38. The van der Waals surface area contributed by atoms with Crippen molar-refractivity contribution in [1.29, 1.82) is 0 Å². The maximum Gasteiger partial charge on any atom is 0.278 e. The minimum absolute atomic E-state index is 0.101. The Morgan fingerprint density at radius 2 is 2.00 bits per heavy atom. The Bertz CT molecular complexity index is 1000. The van der Waals surface area contributed by atoms with Crippen LogP contribution in [-0.2, 0) is 6.42 Å². The number of amides is 1. The summed E-state index contributed by atoms with van der Waals surface area (Å²) >= 11 is 6.15. The summed E-state index contributed by atoms with van der Waals surface area (Å²) in [5.41, 5.74) is 4.29. The molecule has 2 heterocycles. The summed E-state index contributed by atoms with van der Waals surface area (Å²) < 4.78 is 0. The normalized spacial score (nSPS) is 15.5. The number of hydrogen-bond donors (Lipinski definition) is 1. The fourth-order valence-electron chi connectivity index (χ4n) is 3.32. The predicted molar refractivity (Wildman–Crippen MR) is 108 cm³/mol. The van der Waals surface area contributed by atoms with E-state index in [4.69, 9.17) is 11.6 Å². The minimum Gasteiger partial charge on any atom is -0.339 e. The summed E-state index contributed by atoms with van der Waals surface area (Å²) in [5, 5.41) is 3.83. The highest BCUT2D eigenvalue weighted by Gasteiger charge is 2.31. The average Bonchev–Trinajstić information content (AvgIpc) is 3.00. The van der Waals surface area contributed by atoms with Gasteiger partial charge in [0.15, 0.2) is 0 Å². The van der Waals surface area contributed by atoms with E-state index in [1.807, 2.05) is 50.2 Å². The van der Waals surface area contributed by atoms with Crippen LogP contribution >= 0.6 is 11.6 Å². The maximum absolute atomic E-state index is 13.0. The molecular weight excluding hydrogens is 360 g/mol. The van der Waals surface area contributed by atoms with Gasteiger partial charge in [0.25, 0.3) is 5.91 Å². The highest BCUT2D eigenvalue weighted by molar-refractivity contribution is 6.31. The van der Waals surface area contributed by atoms with Crippen molar-refractivity contribution >= 4 is 34.7 Å². The summed E-state index contributed by atoms with van der Waals surface area (Å²) in [6.45, 7) is 3.99. The summed E-state index contributed by atoms with van der Waals surface area (Å²) in [6, 6.07) is 13.8. The molecule has 3 aromatic rings.